The third-order valence-electron chi connectivity index (χ3n) is 24.9. The number of allylic oxidation sites excluding steroid dienone is 5. The number of phenolic OH excluding ortho intramolecular Hbond substituents is 2. The molecule has 6 bridgehead atoms. The third kappa shape index (κ3) is 9.95. The van der Waals surface area contributed by atoms with Gasteiger partial charge < -0.3 is 66.0 Å². The molecule has 4 aromatic rings. The molecule has 6 heterocycles. The molecule has 5 aliphatic heterocycles. The average Bonchev–Trinajstić information content (AvgIpc) is 1.04. The number of carbonyl (C=O) groups excluding carboxylic acids is 1. The molecular formula is C76H92N4O12. The zero-order valence-corrected chi connectivity index (χ0v) is 53.6. The molecule has 3 aromatic carbocycles. The van der Waals surface area contributed by atoms with Crippen molar-refractivity contribution in [1.29, 1.82) is 0 Å². The molecule has 11 aliphatic rings. The van der Waals surface area contributed by atoms with E-state index >= 15 is 4.79 Å². The monoisotopic (exact) mass is 1250 g/mol. The van der Waals surface area contributed by atoms with Crippen molar-refractivity contribution < 1.29 is 54.4 Å². The first-order valence-electron chi connectivity index (χ1n) is 34.6. The lowest BCUT2D eigenvalue weighted by molar-refractivity contribution is -0.171. The molecule has 1 aromatic heterocycles. The number of esters is 1. The average molecular weight is 1250 g/mol. The molecule has 6 aliphatic carbocycles. The highest BCUT2D eigenvalue weighted by Gasteiger charge is 2.60. The van der Waals surface area contributed by atoms with Crippen molar-refractivity contribution in [3.8, 4) is 17.2 Å². The van der Waals surface area contributed by atoms with Crippen molar-refractivity contribution >= 4 is 16.9 Å². The van der Waals surface area contributed by atoms with E-state index in [0.29, 0.717) is 99.5 Å². The van der Waals surface area contributed by atoms with Crippen LogP contribution in [-0.4, -0.2) is 90.5 Å². The number of aryl methyl sites for hydroxylation is 1. The highest BCUT2D eigenvalue weighted by molar-refractivity contribution is 5.93. The Labute approximate surface area is 538 Å². The van der Waals surface area contributed by atoms with Gasteiger partial charge in [0.15, 0.2) is 5.43 Å². The molecule has 92 heavy (non-hydrogen) atoms. The predicted molar refractivity (Wildman–Crippen MR) is 349 cm³/mol. The van der Waals surface area contributed by atoms with Crippen LogP contribution in [0.1, 0.15) is 198 Å². The number of dihydropyridines is 2. The van der Waals surface area contributed by atoms with Crippen LogP contribution < -0.4 is 31.8 Å². The van der Waals surface area contributed by atoms with Gasteiger partial charge in [-0.1, -0.05) is 87.6 Å². The number of carbonyl (C=O) groups is 1. The van der Waals surface area contributed by atoms with E-state index in [1.165, 1.54) is 43.7 Å². The highest BCUT2D eigenvalue weighted by atomic mass is 16.6. The van der Waals surface area contributed by atoms with Crippen molar-refractivity contribution in [2.75, 3.05) is 13.2 Å². The van der Waals surface area contributed by atoms with Crippen molar-refractivity contribution in [1.82, 2.24) is 16.0 Å². The summed E-state index contributed by atoms with van der Waals surface area (Å²) in [6.45, 7) is 7.49. The Morgan fingerprint density at radius 1 is 0.967 bits per heavy atom. The van der Waals surface area contributed by atoms with Gasteiger partial charge in [-0.05, 0) is 207 Å². The minimum Gasteiger partial charge on any atom is -0.508 e. The minimum absolute atomic E-state index is 0.0154. The van der Waals surface area contributed by atoms with Crippen molar-refractivity contribution in [3.05, 3.63) is 167 Å². The largest absolute Gasteiger partial charge is 0.508 e. The number of aliphatic hydroxyl groups excluding tert-OH is 4. The molecule has 3 fully saturated rings. The molecule has 0 radical (unpaired) electrons. The second kappa shape index (κ2) is 23.7. The number of rotatable bonds is 10. The van der Waals surface area contributed by atoms with Gasteiger partial charge in [-0.3, -0.25) is 10.1 Å². The number of ether oxygens (including phenoxy) is 2. The van der Waals surface area contributed by atoms with Crippen LogP contribution in [0.25, 0.3) is 11.0 Å². The molecule has 0 spiro atoms. The second-order valence-electron chi connectivity index (χ2n) is 29.8. The molecule has 488 valence electrons. The van der Waals surface area contributed by atoms with E-state index in [9.17, 15) is 40.5 Å². The van der Waals surface area contributed by atoms with Crippen LogP contribution in [0.4, 0.5) is 0 Å². The summed E-state index contributed by atoms with van der Waals surface area (Å²) in [5.74, 6) is -2.85. The van der Waals surface area contributed by atoms with Crippen LogP contribution in [0.5, 0.6) is 17.2 Å². The maximum absolute atomic E-state index is 16.1. The van der Waals surface area contributed by atoms with Crippen molar-refractivity contribution in [2.45, 2.75) is 209 Å². The fraction of sp³-hybridized carbons (Fsp3) is 0.553. The van der Waals surface area contributed by atoms with E-state index < -0.39 is 77.6 Å². The topological polar surface area (TPSA) is 269 Å². The van der Waals surface area contributed by atoms with Crippen LogP contribution in [-0.2, 0) is 29.0 Å². The second-order valence-corrected chi connectivity index (χ2v) is 29.8. The minimum atomic E-state index is -1.62. The summed E-state index contributed by atoms with van der Waals surface area (Å²) in [5.41, 5.74) is 14.4. The fourth-order valence-electron chi connectivity index (χ4n) is 20.6. The molecule has 12 N–H and O–H groups in total. The molecule has 17 atom stereocenters. The number of fused-ring (bicyclic) bond motifs is 13. The first-order valence-corrected chi connectivity index (χ1v) is 34.6. The summed E-state index contributed by atoms with van der Waals surface area (Å²) >= 11 is 0. The van der Waals surface area contributed by atoms with Gasteiger partial charge in [-0.2, -0.15) is 0 Å². The van der Waals surface area contributed by atoms with E-state index in [0.717, 1.165) is 44.5 Å². The Bertz CT molecular complexity index is 3910. The molecule has 16 nitrogen and oxygen atoms in total. The Kier molecular flexibility index (Phi) is 15.8. The van der Waals surface area contributed by atoms with Gasteiger partial charge in [0.1, 0.15) is 64.3 Å². The maximum atomic E-state index is 16.1. The zero-order valence-electron chi connectivity index (χ0n) is 53.6. The molecule has 16 heteroatoms. The van der Waals surface area contributed by atoms with Gasteiger partial charge in [0.25, 0.3) is 0 Å². The van der Waals surface area contributed by atoms with E-state index in [2.05, 4.69) is 60.3 Å². The molecule has 0 saturated heterocycles. The molecule has 1 unspecified atom stereocenters. The first kappa shape index (κ1) is 61.5. The molecule has 3 saturated carbocycles. The Balaban J connectivity index is 0.863. The van der Waals surface area contributed by atoms with Gasteiger partial charge in [0, 0.05) is 60.2 Å². The Hall–Kier alpha value is -6.66. The number of phenols is 2. The molecule has 15 rings (SSSR count). The number of benzene rings is 3. The quantitative estimate of drug-likeness (QED) is 0.0521. The highest BCUT2D eigenvalue weighted by Crippen LogP contribution is 2.64. The first-order chi connectivity index (χ1) is 44.4. The Morgan fingerprint density at radius 3 is 2.57 bits per heavy atom. The number of aromatic hydroxyl groups is 2. The number of nitrogens with two attached hydrogens (primary N) is 1. The standard InChI is InChI=1S/C76H92N4O12/c1-5-59(76(89)33-43-27-45(76)26-41-25-42(68(86)55-13-9-12-50(43)63(41)55)28-47(84)24-37(2)39-10-7-6-8-11-39)74(88)91-62-32-57-69(87)66-61(85)31-48(35-81)90-71(66)67-64-54-22-23-78-72(77)65(54)52(19-16-40-15-17-46(83)30-56(40)58(64)36-82)51-21-20-49-44(29-60(51)75(62,4)92-70(57)67)34-79-73-53(49)18-14-38(3)80-73/h5,9,12-15,17-18,22,30-31,34,37-39,41-43,45,47,51-52,58,60,62,64,68,73,78-84,86-87,89H,6-8,10-11,16,19-21,23-29,32-33,35-36,77H2,1-4H3/b59-5+/t37-,38+,41+,42+,43-,45+,47+,51+,52+,58+,60-,62+,64+,68+,73?,75-,76-/m0/s1. The molecular weight excluding hydrogens is 1160 g/mol. The zero-order chi connectivity index (χ0) is 63.8. The summed E-state index contributed by atoms with van der Waals surface area (Å²) in [5, 5.41) is 95.7. The Morgan fingerprint density at radius 2 is 1.77 bits per heavy atom. The van der Waals surface area contributed by atoms with Crippen LogP contribution in [0.15, 0.2) is 121 Å². The van der Waals surface area contributed by atoms with Crippen LogP contribution in [0.2, 0.25) is 0 Å². The van der Waals surface area contributed by atoms with E-state index in [4.69, 9.17) is 19.6 Å². The van der Waals surface area contributed by atoms with Gasteiger partial charge in [0.05, 0.1) is 30.0 Å². The number of nitrogens with one attached hydrogen (secondary N) is 3. The summed E-state index contributed by atoms with van der Waals surface area (Å²) in [6.07, 6.45) is 20.1. The van der Waals surface area contributed by atoms with Crippen molar-refractivity contribution in [3.63, 3.8) is 0 Å². The third-order valence-corrected chi connectivity index (χ3v) is 24.9. The van der Waals surface area contributed by atoms with Gasteiger partial charge >= 0.3 is 5.97 Å². The van der Waals surface area contributed by atoms with Gasteiger partial charge in [-0.25, -0.2) is 4.79 Å². The van der Waals surface area contributed by atoms with Gasteiger partial charge in [0.2, 0.25) is 0 Å². The lowest BCUT2D eigenvalue weighted by Crippen LogP contribution is -2.59. The lowest BCUT2D eigenvalue weighted by atomic mass is 9.61. The predicted octanol–water partition coefficient (Wildman–Crippen LogP) is 10.3. The number of hydrogen-bond acceptors (Lipinski definition) is 16. The summed E-state index contributed by atoms with van der Waals surface area (Å²) in [7, 11) is 0. The van der Waals surface area contributed by atoms with Crippen LogP contribution >= 0.6 is 0 Å². The fourth-order valence-corrected chi connectivity index (χ4v) is 20.6. The summed E-state index contributed by atoms with van der Waals surface area (Å²) in [4.78, 5) is 31.0. The number of hydrogen-bond donors (Lipinski definition) is 11. The van der Waals surface area contributed by atoms with Gasteiger partial charge in [-0.15, -0.1) is 0 Å². The normalized spacial score (nSPS) is 34.4. The van der Waals surface area contributed by atoms with Crippen molar-refractivity contribution in [2.24, 2.45) is 47.2 Å². The lowest BCUT2D eigenvalue weighted by Gasteiger charge is -2.52. The SMILES string of the molecule is C/C=C(\C(=O)O[C@@H]1Cc2c3c(c4oc(CO)cc(=O)c4c2O)[C@@H]2C4=CCNC(N)=C4[C@H](CCc4ccc(O)cc4[C@H]2CO)[C@H]2CCC4=C5C=C[C@@H](C)NC5NC=C4C[C@@H]2[C@]1(C)O3)[C@]1(O)C[C@@H]2C[C@H]1C[C@H]1C[C@H](C[C@H](O)C[C@H](C)C3CCCCC3)[C@@H](O)c3cccc2c31. The molecule has 0 amide bonds. The van der Waals surface area contributed by atoms with E-state index in [1.807, 2.05) is 25.1 Å². The van der Waals surface area contributed by atoms with E-state index in [-0.39, 0.29) is 99.9 Å². The number of aliphatic hydroxyl groups is 5. The summed E-state index contributed by atoms with van der Waals surface area (Å²) < 4.78 is 21.9. The van der Waals surface area contributed by atoms with Crippen LogP contribution in [0.3, 0.4) is 0 Å². The summed E-state index contributed by atoms with van der Waals surface area (Å²) in [6, 6.07) is 12.8. The maximum Gasteiger partial charge on any atom is 0.337 e. The smallest absolute Gasteiger partial charge is 0.337 e. The van der Waals surface area contributed by atoms with E-state index in [1.54, 1.807) is 25.1 Å². The van der Waals surface area contributed by atoms with Crippen LogP contribution in [0, 0.1) is 41.4 Å².